The van der Waals surface area contributed by atoms with Crippen LogP contribution in [0.15, 0.2) is 18.2 Å². The molecule has 0 bridgehead atoms. The molecule has 0 radical (unpaired) electrons. The summed E-state index contributed by atoms with van der Waals surface area (Å²) in [5, 5.41) is 0. The Balaban J connectivity index is 0.00000112. The van der Waals surface area contributed by atoms with Gasteiger partial charge in [0.05, 0.1) is 11.8 Å². The van der Waals surface area contributed by atoms with E-state index in [0.29, 0.717) is 28.3 Å². The van der Waals surface area contributed by atoms with E-state index in [1.165, 1.54) is 77.0 Å². The lowest BCUT2D eigenvalue weighted by atomic mass is 9.44. The maximum Gasteiger partial charge on any atom is 0.142 e. The summed E-state index contributed by atoms with van der Waals surface area (Å²) < 4.78 is 6.46. The van der Waals surface area contributed by atoms with E-state index in [2.05, 4.69) is 48.5 Å². The quantitative estimate of drug-likeness (QED) is 0.339. The molecule has 0 aromatic heterocycles. The minimum absolute atomic E-state index is 0.293. The highest BCUT2D eigenvalue weighted by Crippen LogP contribution is 2.68. The van der Waals surface area contributed by atoms with E-state index in [1.54, 1.807) is 0 Å². The molecule has 1 aromatic rings. The Kier molecular flexibility index (Phi) is 9.91. The number of nitrogen functional groups attached to an aromatic ring is 2. The molecular formula is C36H62N2O. The molecule has 5 rings (SSSR count). The molecule has 4 saturated carbocycles. The number of benzene rings is 1. The Morgan fingerprint density at radius 2 is 1.56 bits per heavy atom. The number of ether oxygens (including phenoxy) is 1. The molecule has 0 amide bonds. The predicted molar refractivity (Wildman–Crippen MR) is 169 cm³/mol. The molecule has 39 heavy (non-hydrogen) atoms. The van der Waals surface area contributed by atoms with Crippen LogP contribution in [-0.2, 0) is 0 Å². The van der Waals surface area contributed by atoms with Crippen molar-refractivity contribution in [1.82, 2.24) is 0 Å². The molecule has 3 heteroatoms. The summed E-state index contributed by atoms with van der Waals surface area (Å²) >= 11 is 0. The smallest absolute Gasteiger partial charge is 0.142 e. The minimum Gasteiger partial charge on any atom is -0.488 e. The first kappa shape index (κ1) is 30.6. The molecule has 4 aliphatic rings. The molecule has 3 nitrogen and oxygen atoms in total. The Hall–Kier alpha value is -1.38. The largest absolute Gasteiger partial charge is 0.488 e. The Labute approximate surface area is 241 Å². The van der Waals surface area contributed by atoms with Crippen LogP contribution in [0.4, 0.5) is 11.4 Å². The second-order valence-electron chi connectivity index (χ2n) is 15.2. The monoisotopic (exact) mass is 538 g/mol. The number of fused-ring (bicyclic) bond motifs is 5. The summed E-state index contributed by atoms with van der Waals surface area (Å²) in [6, 6.07) is 5.69. The van der Waals surface area contributed by atoms with Gasteiger partial charge in [0, 0.05) is 5.69 Å². The first-order chi connectivity index (χ1) is 18.5. The summed E-state index contributed by atoms with van der Waals surface area (Å²) in [6.45, 7) is 17.0. The number of hydrogen-bond acceptors (Lipinski definition) is 3. The number of hydrogen-bond donors (Lipinski definition) is 2. The van der Waals surface area contributed by atoms with Crippen molar-refractivity contribution < 1.29 is 4.74 Å². The van der Waals surface area contributed by atoms with Crippen molar-refractivity contribution in [2.24, 2.45) is 52.3 Å². The maximum atomic E-state index is 6.46. The van der Waals surface area contributed by atoms with Gasteiger partial charge in [-0.15, -0.1) is 0 Å². The van der Waals surface area contributed by atoms with Gasteiger partial charge in [-0.1, -0.05) is 74.1 Å². The van der Waals surface area contributed by atoms with Crippen LogP contribution >= 0.6 is 0 Å². The first-order valence-electron chi connectivity index (χ1n) is 16.8. The molecule has 0 heterocycles. The highest BCUT2D eigenvalue weighted by molar-refractivity contribution is 5.60. The first-order valence-corrected chi connectivity index (χ1v) is 16.8. The van der Waals surface area contributed by atoms with Gasteiger partial charge in [0.25, 0.3) is 0 Å². The fourth-order valence-corrected chi connectivity index (χ4v) is 10.2. The average Bonchev–Trinajstić information content (AvgIpc) is 3.23. The van der Waals surface area contributed by atoms with Crippen LogP contribution in [0.2, 0.25) is 0 Å². The number of anilines is 2. The van der Waals surface area contributed by atoms with E-state index < -0.39 is 0 Å². The van der Waals surface area contributed by atoms with Gasteiger partial charge in [0.15, 0.2) is 0 Å². The highest BCUT2D eigenvalue weighted by Gasteiger charge is 2.60. The summed E-state index contributed by atoms with van der Waals surface area (Å²) in [6.07, 6.45) is 18.3. The zero-order valence-electron chi connectivity index (χ0n) is 26.6. The number of nitrogens with two attached hydrogens (primary N) is 2. The SMILES string of the molecule is CC(C)CCCC(C)C1CCC2C3CCC4CC(Oc5ccc(N)cc5N)CCC4(C)C3CCC12C.CCC. The van der Waals surface area contributed by atoms with Crippen LogP contribution in [0.5, 0.6) is 5.75 Å². The van der Waals surface area contributed by atoms with Gasteiger partial charge in [-0.3, -0.25) is 0 Å². The zero-order valence-corrected chi connectivity index (χ0v) is 26.6. The van der Waals surface area contributed by atoms with Gasteiger partial charge in [0.1, 0.15) is 5.75 Å². The predicted octanol–water partition coefficient (Wildman–Crippen LogP) is 10.1. The van der Waals surface area contributed by atoms with E-state index in [9.17, 15) is 0 Å². The van der Waals surface area contributed by atoms with Crippen molar-refractivity contribution in [3.05, 3.63) is 18.2 Å². The van der Waals surface area contributed by atoms with E-state index in [0.717, 1.165) is 53.6 Å². The molecule has 1 aromatic carbocycles. The molecule has 4 fully saturated rings. The van der Waals surface area contributed by atoms with Gasteiger partial charge in [0.2, 0.25) is 0 Å². The summed E-state index contributed by atoms with van der Waals surface area (Å²) in [4.78, 5) is 0. The third-order valence-electron chi connectivity index (χ3n) is 12.1. The maximum absolute atomic E-state index is 6.46. The van der Waals surface area contributed by atoms with Crippen molar-refractivity contribution in [3.8, 4) is 5.75 Å². The fourth-order valence-electron chi connectivity index (χ4n) is 10.2. The van der Waals surface area contributed by atoms with Crippen molar-refractivity contribution in [3.63, 3.8) is 0 Å². The third kappa shape index (κ3) is 6.28. The highest BCUT2D eigenvalue weighted by atomic mass is 16.5. The Bertz CT molecular complexity index is 929. The van der Waals surface area contributed by atoms with E-state index in [4.69, 9.17) is 16.2 Å². The zero-order chi connectivity index (χ0) is 28.4. The molecule has 4 N–H and O–H groups in total. The van der Waals surface area contributed by atoms with Gasteiger partial charge in [-0.25, -0.2) is 0 Å². The lowest BCUT2D eigenvalue weighted by Gasteiger charge is -2.61. The van der Waals surface area contributed by atoms with Gasteiger partial charge >= 0.3 is 0 Å². The molecule has 0 saturated heterocycles. The van der Waals surface area contributed by atoms with Crippen molar-refractivity contribution >= 4 is 11.4 Å². The van der Waals surface area contributed by atoms with Crippen molar-refractivity contribution in [1.29, 1.82) is 0 Å². The normalized spacial score (nSPS) is 38.2. The van der Waals surface area contributed by atoms with Crippen LogP contribution in [0, 0.1) is 52.3 Å². The van der Waals surface area contributed by atoms with E-state index >= 15 is 0 Å². The summed E-state index contributed by atoms with van der Waals surface area (Å²) in [5.41, 5.74) is 14.6. The van der Waals surface area contributed by atoms with Crippen molar-refractivity contribution in [2.45, 2.75) is 138 Å². The topological polar surface area (TPSA) is 61.3 Å². The third-order valence-corrected chi connectivity index (χ3v) is 12.1. The van der Waals surface area contributed by atoms with E-state index in [-0.39, 0.29) is 0 Å². The second-order valence-corrected chi connectivity index (χ2v) is 15.2. The average molecular weight is 539 g/mol. The van der Waals surface area contributed by atoms with Gasteiger partial charge < -0.3 is 16.2 Å². The molecule has 0 spiro atoms. The molecule has 9 atom stereocenters. The number of rotatable bonds is 7. The fraction of sp³-hybridized carbons (Fsp3) is 0.833. The molecule has 0 aliphatic heterocycles. The Morgan fingerprint density at radius 1 is 0.872 bits per heavy atom. The van der Waals surface area contributed by atoms with Crippen LogP contribution in [-0.4, -0.2) is 6.10 Å². The van der Waals surface area contributed by atoms with Gasteiger partial charge in [-0.2, -0.15) is 0 Å². The summed E-state index contributed by atoms with van der Waals surface area (Å²) in [7, 11) is 0. The minimum atomic E-state index is 0.293. The van der Waals surface area contributed by atoms with Gasteiger partial charge in [-0.05, 0) is 128 Å². The van der Waals surface area contributed by atoms with E-state index in [1.807, 2.05) is 18.2 Å². The van der Waals surface area contributed by atoms with Crippen LogP contribution < -0.4 is 16.2 Å². The molecular weight excluding hydrogens is 476 g/mol. The second kappa shape index (κ2) is 12.6. The molecule has 9 unspecified atom stereocenters. The lowest BCUT2D eigenvalue weighted by molar-refractivity contribution is -0.126. The van der Waals surface area contributed by atoms with Crippen LogP contribution in [0.1, 0.15) is 132 Å². The van der Waals surface area contributed by atoms with Crippen LogP contribution in [0.3, 0.4) is 0 Å². The standard InChI is InChI=1S/C33H54N2O.C3H8/c1-21(2)7-6-8-22(3)27-12-13-28-26-11-9-23-19-25(36-31-14-10-24(34)20-30(31)35)15-17-32(23,4)29(26)16-18-33(27,28)5;1-3-2/h10,14,20-23,25-29H,6-9,11-13,15-19,34-35H2,1-5H3;3H2,1-2H3. The molecule has 4 aliphatic carbocycles. The lowest BCUT2D eigenvalue weighted by Crippen LogP contribution is -2.54. The molecule has 222 valence electrons. The summed E-state index contributed by atoms with van der Waals surface area (Å²) in [5.74, 6) is 7.17. The van der Waals surface area contributed by atoms with Crippen molar-refractivity contribution in [2.75, 3.05) is 11.5 Å². The van der Waals surface area contributed by atoms with Crippen LogP contribution in [0.25, 0.3) is 0 Å². The Morgan fingerprint density at radius 3 is 2.26 bits per heavy atom.